The summed E-state index contributed by atoms with van der Waals surface area (Å²) in [6.45, 7) is 1.85. The van der Waals surface area contributed by atoms with Crippen molar-refractivity contribution in [3.8, 4) is 0 Å². The molecule has 0 aliphatic carbocycles. The predicted octanol–water partition coefficient (Wildman–Crippen LogP) is 1.40. The lowest BCUT2D eigenvalue weighted by Gasteiger charge is -2.23. The highest BCUT2D eigenvalue weighted by Crippen LogP contribution is 2.24. The van der Waals surface area contributed by atoms with Crippen LogP contribution in [-0.4, -0.2) is 35.1 Å². The number of rotatable bonds is 4. The van der Waals surface area contributed by atoms with E-state index < -0.39 is 5.91 Å². The fraction of sp³-hybridized carbons (Fsp3) is 0.462. The van der Waals surface area contributed by atoms with E-state index in [2.05, 4.69) is 4.90 Å². The molecule has 4 nitrogen and oxygen atoms in total. The summed E-state index contributed by atoms with van der Waals surface area (Å²) in [6, 6.07) is 5.34. The van der Waals surface area contributed by atoms with Gasteiger partial charge in [0.25, 0.3) is 0 Å². The van der Waals surface area contributed by atoms with Crippen molar-refractivity contribution in [2.75, 3.05) is 13.2 Å². The maximum Gasteiger partial charge on any atom is 0.248 e. The minimum absolute atomic E-state index is 0.178. The van der Waals surface area contributed by atoms with Crippen LogP contribution in [0.25, 0.3) is 0 Å². The number of amides is 1. The Morgan fingerprint density at radius 2 is 2.33 bits per heavy atom. The zero-order chi connectivity index (χ0) is 13.1. The first-order valence-electron chi connectivity index (χ1n) is 6.05. The van der Waals surface area contributed by atoms with E-state index in [1.54, 1.807) is 12.1 Å². The maximum atomic E-state index is 11.0. The van der Waals surface area contributed by atoms with Crippen molar-refractivity contribution in [3.05, 3.63) is 34.3 Å². The van der Waals surface area contributed by atoms with Gasteiger partial charge in [-0.15, -0.1) is 0 Å². The van der Waals surface area contributed by atoms with Gasteiger partial charge in [0.05, 0.1) is 6.61 Å². The van der Waals surface area contributed by atoms with Crippen molar-refractivity contribution in [2.45, 2.75) is 25.4 Å². The molecule has 2 rings (SSSR count). The van der Waals surface area contributed by atoms with E-state index in [-0.39, 0.29) is 12.6 Å². The van der Waals surface area contributed by atoms with Crippen LogP contribution in [0, 0.1) is 0 Å². The summed E-state index contributed by atoms with van der Waals surface area (Å²) in [6.07, 6.45) is 2.12. The molecule has 98 valence electrons. The molecule has 1 fully saturated rings. The molecular weight excluding hydrogens is 252 g/mol. The van der Waals surface area contributed by atoms with Gasteiger partial charge in [-0.05, 0) is 37.1 Å². The number of benzene rings is 1. The van der Waals surface area contributed by atoms with Gasteiger partial charge in [-0.1, -0.05) is 17.7 Å². The second kappa shape index (κ2) is 5.69. The van der Waals surface area contributed by atoms with E-state index in [1.165, 1.54) is 0 Å². The molecule has 5 heteroatoms. The molecule has 3 N–H and O–H groups in total. The standard InChI is InChI=1S/C13H17ClN2O2/c14-12-6-9(13(15)18)3-4-10(12)7-16-5-1-2-11(16)8-17/h3-4,6,11,17H,1-2,5,7-8H2,(H2,15,18). The molecule has 1 heterocycles. The van der Waals surface area contributed by atoms with E-state index in [0.717, 1.165) is 24.9 Å². The number of hydrogen-bond acceptors (Lipinski definition) is 3. The number of aliphatic hydroxyl groups is 1. The topological polar surface area (TPSA) is 66.6 Å². The highest BCUT2D eigenvalue weighted by atomic mass is 35.5. The molecule has 0 radical (unpaired) electrons. The summed E-state index contributed by atoms with van der Waals surface area (Å²) in [5.41, 5.74) is 6.58. The lowest BCUT2D eigenvalue weighted by molar-refractivity contribution is 0.100. The fourth-order valence-electron chi connectivity index (χ4n) is 2.36. The summed E-state index contributed by atoms with van der Waals surface area (Å²) < 4.78 is 0. The van der Waals surface area contributed by atoms with Crippen molar-refractivity contribution < 1.29 is 9.90 Å². The molecule has 0 saturated carbocycles. The second-order valence-corrected chi connectivity index (χ2v) is 5.03. The molecule has 1 aliphatic heterocycles. The summed E-state index contributed by atoms with van der Waals surface area (Å²) in [5.74, 6) is -0.474. The van der Waals surface area contributed by atoms with Gasteiger partial charge in [-0.25, -0.2) is 0 Å². The molecule has 1 saturated heterocycles. The Morgan fingerprint density at radius 3 is 2.94 bits per heavy atom. The smallest absolute Gasteiger partial charge is 0.248 e. The Kier molecular flexibility index (Phi) is 4.22. The third-order valence-corrected chi connectivity index (χ3v) is 3.77. The summed E-state index contributed by atoms with van der Waals surface area (Å²) in [4.78, 5) is 13.2. The monoisotopic (exact) mass is 268 g/mol. The minimum Gasteiger partial charge on any atom is -0.395 e. The molecule has 0 spiro atoms. The molecule has 1 aromatic carbocycles. The zero-order valence-electron chi connectivity index (χ0n) is 10.1. The average molecular weight is 269 g/mol. The minimum atomic E-state index is -0.474. The molecular formula is C13H17ClN2O2. The third-order valence-electron chi connectivity index (χ3n) is 3.42. The van der Waals surface area contributed by atoms with Gasteiger partial charge in [-0.3, -0.25) is 9.69 Å². The molecule has 0 bridgehead atoms. The second-order valence-electron chi connectivity index (χ2n) is 4.62. The van der Waals surface area contributed by atoms with Crippen molar-refractivity contribution in [2.24, 2.45) is 5.73 Å². The van der Waals surface area contributed by atoms with E-state index in [9.17, 15) is 9.90 Å². The van der Waals surface area contributed by atoms with Crippen molar-refractivity contribution in [1.29, 1.82) is 0 Å². The van der Waals surface area contributed by atoms with Crippen molar-refractivity contribution >= 4 is 17.5 Å². The van der Waals surface area contributed by atoms with E-state index in [1.807, 2.05) is 6.07 Å². The van der Waals surface area contributed by atoms with Crippen LogP contribution in [0.5, 0.6) is 0 Å². The van der Waals surface area contributed by atoms with E-state index in [4.69, 9.17) is 17.3 Å². The summed E-state index contributed by atoms with van der Waals surface area (Å²) >= 11 is 6.15. The number of carbonyl (C=O) groups excluding carboxylic acids is 1. The fourth-order valence-corrected chi connectivity index (χ4v) is 2.60. The van der Waals surface area contributed by atoms with E-state index >= 15 is 0 Å². The number of likely N-dealkylation sites (tertiary alicyclic amines) is 1. The molecule has 18 heavy (non-hydrogen) atoms. The van der Waals surface area contributed by atoms with Crippen LogP contribution in [0.1, 0.15) is 28.8 Å². The summed E-state index contributed by atoms with van der Waals surface area (Å²) in [5, 5.41) is 9.82. The molecule has 1 amide bonds. The number of primary amides is 1. The first-order chi connectivity index (χ1) is 8.61. The molecule has 1 aliphatic rings. The largest absolute Gasteiger partial charge is 0.395 e. The van der Waals surface area contributed by atoms with Crippen LogP contribution < -0.4 is 5.73 Å². The van der Waals surface area contributed by atoms with Crippen molar-refractivity contribution in [3.63, 3.8) is 0 Å². The van der Waals surface area contributed by atoms with Gasteiger partial charge in [0.1, 0.15) is 0 Å². The van der Waals surface area contributed by atoms with E-state index in [0.29, 0.717) is 17.1 Å². The van der Waals surface area contributed by atoms with Crippen LogP contribution >= 0.6 is 11.6 Å². The number of nitrogens with zero attached hydrogens (tertiary/aromatic N) is 1. The number of halogens is 1. The predicted molar refractivity (Wildman–Crippen MR) is 70.5 cm³/mol. The quantitative estimate of drug-likeness (QED) is 0.867. The first-order valence-corrected chi connectivity index (χ1v) is 6.42. The highest BCUT2D eigenvalue weighted by molar-refractivity contribution is 6.31. The molecule has 0 aromatic heterocycles. The number of nitrogens with two attached hydrogens (primary N) is 1. The van der Waals surface area contributed by atoms with Crippen LogP contribution in [-0.2, 0) is 6.54 Å². The van der Waals surface area contributed by atoms with Crippen LogP contribution in [0.4, 0.5) is 0 Å². The van der Waals surface area contributed by atoms with Gasteiger partial charge in [0.2, 0.25) is 5.91 Å². The van der Waals surface area contributed by atoms with Gasteiger partial charge >= 0.3 is 0 Å². The molecule has 1 atom stereocenters. The summed E-state index contributed by atoms with van der Waals surface area (Å²) in [7, 11) is 0. The number of hydrogen-bond donors (Lipinski definition) is 2. The Balaban J connectivity index is 2.12. The SMILES string of the molecule is NC(=O)c1ccc(CN2CCCC2CO)c(Cl)c1. The van der Waals surface area contributed by atoms with Gasteiger partial charge in [0.15, 0.2) is 0 Å². The number of carbonyl (C=O) groups is 1. The average Bonchev–Trinajstić information content (AvgIpc) is 2.78. The Bertz CT molecular complexity index is 451. The maximum absolute atomic E-state index is 11.0. The Morgan fingerprint density at radius 1 is 1.56 bits per heavy atom. The molecule has 1 aromatic rings. The lowest BCUT2D eigenvalue weighted by Crippen LogP contribution is -2.31. The van der Waals surface area contributed by atoms with Crippen molar-refractivity contribution in [1.82, 2.24) is 4.90 Å². The Labute approximate surface area is 111 Å². The van der Waals surface area contributed by atoms with Crippen LogP contribution in [0.3, 0.4) is 0 Å². The molecule has 1 unspecified atom stereocenters. The zero-order valence-corrected chi connectivity index (χ0v) is 10.9. The highest BCUT2D eigenvalue weighted by Gasteiger charge is 2.24. The van der Waals surface area contributed by atoms with Gasteiger partial charge < -0.3 is 10.8 Å². The van der Waals surface area contributed by atoms with Crippen LogP contribution in [0.2, 0.25) is 5.02 Å². The van der Waals surface area contributed by atoms with Gasteiger partial charge in [-0.2, -0.15) is 0 Å². The van der Waals surface area contributed by atoms with Crippen LogP contribution in [0.15, 0.2) is 18.2 Å². The third kappa shape index (κ3) is 2.83. The lowest BCUT2D eigenvalue weighted by atomic mass is 10.1. The van der Waals surface area contributed by atoms with Gasteiger partial charge in [0, 0.05) is 23.2 Å². The normalized spacial score (nSPS) is 20.2. The Hall–Kier alpha value is -1.10. The number of aliphatic hydroxyl groups excluding tert-OH is 1. The first kappa shape index (κ1) is 13.3.